The highest BCUT2D eigenvalue weighted by Crippen LogP contribution is 2.26. The van der Waals surface area contributed by atoms with E-state index in [1.54, 1.807) is 0 Å². The number of alkyl halides is 3. The SMILES string of the molecule is CCC(C)(NC(=O)c1cc(C)nc(C(F)(F)F)n1)C(=O)O. The Bertz CT molecular complexity index is 575. The van der Waals surface area contributed by atoms with Gasteiger partial charge in [-0.1, -0.05) is 6.92 Å². The van der Waals surface area contributed by atoms with Crippen LogP contribution in [0.1, 0.15) is 42.3 Å². The monoisotopic (exact) mass is 305 g/mol. The van der Waals surface area contributed by atoms with Crippen molar-refractivity contribution in [3.63, 3.8) is 0 Å². The summed E-state index contributed by atoms with van der Waals surface area (Å²) in [4.78, 5) is 29.4. The van der Waals surface area contributed by atoms with Crippen molar-refractivity contribution < 1.29 is 27.9 Å². The molecule has 0 aliphatic carbocycles. The summed E-state index contributed by atoms with van der Waals surface area (Å²) in [5, 5.41) is 11.2. The average Bonchev–Trinajstić information content (AvgIpc) is 2.36. The van der Waals surface area contributed by atoms with Gasteiger partial charge in [-0.15, -0.1) is 0 Å². The highest BCUT2D eigenvalue weighted by Gasteiger charge is 2.37. The Kier molecular flexibility index (Phi) is 4.55. The zero-order valence-corrected chi connectivity index (χ0v) is 11.6. The molecular formula is C12H14F3N3O3. The fraction of sp³-hybridized carbons (Fsp3) is 0.500. The Morgan fingerprint density at radius 3 is 2.33 bits per heavy atom. The van der Waals surface area contributed by atoms with Crippen molar-refractivity contribution in [3.8, 4) is 0 Å². The molecule has 0 bridgehead atoms. The maximum Gasteiger partial charge on any atom is 0.451 e. The molecule has 0 saturated carbocycles. The van der Waals surface area contributed by atoms with E-state index in [9.17, 15) is 22.8 Å². The molecule has 0 aliphatic rings. The van der Waals surface area contributed by atoms with Gasteiger partial charge >= 0.3 is 12.1 Å². The summed E-state index contributed by atoms with van der Waals surface area (Å²) in [5.74, 6) is -3.74. The number of hydrogen-bond acceptors (Lipinski definition) is 4. The molecule has 1 heterocycles. The van der Waals surface area contributed by atoms with Gasteiger partial charge in [-0.05, 0) is 26.3 Å². The standard InChI is InChI=1S/C12H14F3N3O3/c1-4-11(3,10(20)21)18-8(19)7-5-6(2)16-9(17-7)12(13,14)15/h5H,4H2,1-3H3,(H,18,19)(H,20,21). The third kappa shape index (κ3) is 3.89. The smallest absolute Gasteiger partial charge is 0.451 e. The quantitative estimate of drug-likeness (QED) is 0.884. The van der Waals surface area contributed by atoms with Gasteiger partial charge in [-0.3, -0.25) is 4.79 Å². The van der Waals surface area contributed by atoms with Crippen LogP contribution in [0.3, 0.4) is 0 Å². The van der Waals surface area contributed by atoms with Gasteiger partial charge in [-0.25, -0.2) is 14.8 Å². The topological polar surface area (TPSA) is 92.2 Å². The zero-order chi connectivity index (χ0) is 16.4. The molecule has 0 saturated heterocycles. The van der Waals surface area contributed by atoms with E-state index in [0.717, 1.165) is 6.07 Å². The first kappa shape index (κ1) is 16.9. The van der Waals surface area contributed by atoms with E-state index in [-0.39, 0.29) is 12.1 Å². The Morgan fingerprint density at radius 1 is 1.33 bits per heavy atom. The first-order chi connectivity index (χ1) is 9.49. The molecule has 2 N–H and O–H groups in total. The van der Waals surface area contributed by atoms with Gasteiger partial charge in [0.1, 0.15) is 11.2 Å². The molecule has 0 radical (unpaired) electrons. The molecule has 1 aromatic heterocycles. The second-order valence-corrected chi connectivity index (χ2v) is 4.66. The van der Waals surface area contributed by atoms with E-state index in [4.69, 9.17) is 5.11 Å². The Morgan fingerprint density at radius 2 is 1.90 bits per heavy atom. The van der Waals surface area contributed by atoms with Crippen LogP contribution in [0, 0.1) is 6.92 Å². The molecule has 21 heavy (non-hydrogen) atoms. The first-order valence-corrected chi connectivity index (χ1v) is 5.98. The third-order valence-electron chi connectivity index (χ3n) is 2.91. The molecule has 0 spiro atoms. The van der Waals surface area contributed by atoms with Gasteiger partial charge in [0.15, 0.2) is 0 Å². The van der Waals surface area contributed by atoms with Crippen LogP contribution in [-0.2, 0) is 11.0 Å². The summed E-state index contributed by atoms with van der Waals surface area (Å²) in [6.45, 7) is 4.07. The number of nitrogens with zero attached hydrogens (tertiary/aromatic N) is 2. The minimum atomic E-state index is -4.79. The number of aliphatic carboxylic acids is 1. The number of amides is 1. The number of carboxylic acids is 1. The average molecular weight is 305 g/mol. The molecule has 1 amide bonds. The highest BCUT2D eigenvalue weighted by atomic mass is 19.4. The number of rotatable bonds is 4. The van der Waals surface area contributed by atoms with Gasteiger partial charge in [0.2, 0.25) is 5.82 Å². The minimum Gasteiger partial charge on any atom is -0.480 e. The summed E-state index contributed by atoms with van der Waals surface area (Å²) < 4.78 is 37.8. The largest absolute Gasteiger partial charge is 0.480 e. The molecule has 6 nitrogen and oxygen atoms in total. The molecule has 116 valence electrons. The number of carbonyl (C=O) groups is 2. The molecule has 1 rings (SSSR count). The molecule has 1 atom stereocenters. The van der Waals surface area contributed by atoms with Gasteiger partial charge in [0, 0.05) is 5.69 Å². The summed E-state index contributed by atoms with van der Waals surface area (Å²) >= 11 is 0. The molecule has 1 unspecified atom stereocenters. The van der Waals surface area contributed by atoms with Crippen LogP contribution in [-0.4, -0.2) is 32.5 Å². The van der Waals surface area contributed by atoms with Crippen LogP contribution in [0.5, 0.6) is 0 Å². The molecule has 0 aliphatic heterocycles. The number of carbonyl (C=O) groups excluding carboxylic acids is 1. The van der Waals surface area contributed by atoms with Crippen LogP contribution >= 0.6 is 0 Å². The predicted octanol–water partition coefficient (Wildman–Crippen LogP) is 1.79. The van der Waals surface area contributed by atoms with E-state index in [1.165, 1.54) is 20.8 Å². The summed E-state index contributed by atoms with van der Waals surface area (Å²) in [6.07, 6.45) is -4.73. The highest BCUT2D eigenvalue weighted by molar-refractivity contribution is 5.96. The van der Waals surface area contributed by atoms with Crippen LogP contribution in [0.15, 0.2) is 6.07 Å². The van der Waals surface area contributed by atoms with Gasteiger partial charge in [0.05, 0.1) is 0 Å². The second kappa shape index (κ2) is 5.66. The van der Waals surface area contributed by atoms with Crippen molar-refractivity contribution in [3.05, 3.63) is 23.3 Å². The van der Waals surface area contributed by atoms with Crippen molar-refractivity contribution in [2.24, 2.45) is 0 Å². The Labute approximate surface area is 118 Å². The van der Waals surface area contributed by atoms with Crippen LogP contribution in [0.4, 0.5) is 13.2 Å². The zero-order valence-electron chi connectivity index (χ0n) is 11.6. The minimum absolute atomic E-state index is 0.0454. The van der Waals surface area contributed by atoms with Crippen LogP contribution < -0.4 is 5.32 Å². The van der Waals surface area contributed by atoms with Gasteiger partial charge in [0.25, 0.3) is 5.91 Å². The van der Waals surface area contributed by atoms with Crippen molar-refractivity contribution >= 4 is 11.9 Å². The fourth-order valence-electron chi connectivity index (χ4n) is 1.42. The van der Waals surface area contributed by atoms with Crippen molar-refractivity contribution in [1.82, 2.24) is 15.3 Å². The first-order valence-electron chi connectivity index (χ1n) is 5.98. The number of carboxylic acid groups (broad SMARTS) is 1. The number of hydrogen-bond donors (Lipinski definition) is 2. The number of nitrogens with one attached hydrogen (secondary N) is 1. The molecule has 9 heteroatoms. The van der Waals surface area contributed by atoms with Crippen molar-refractivity contribution in [2.45, 2.75) is 38.9 Å². The maximum absolute atomic E-state index is 12.6. The lowest BCUT2D eigenvalue weighted by Crippen LogP contribution is -2.52. The van der Waals surface area contributed by atoms with E-state index in [0.29, 0.717) is 0 Å². The lowest BCUT2D eigenvalue weighted by atomic mass is 9.99. The van der Waals surface area contributed by atoms with Crippen molar-refractivity contribution in [2.75, 3.05) is 0 Å². The van der Waals surface area contributed by atoms with E-state index >= 15 is 0 Å². The van der Waals surface area contributed by atoms with Crippen LogP contribution in [0.25, 0.3) is 0 Å². The normalized spacial score (nSPS) is 14.4. The van der Waals surface area contributed by atoms with Crippen molar-refractivity contribution in [1.29, 1.82) is 0 Å². The third-order valence-corrected chi connectivity index (χ3v) is 2.91. The van der Waals surface area contributed by atoms with E-state index in [2.05, 4.69) is 15.3 Å². The molecule has 0 fully saturated rings. The lowest BCUT2D eigenvalue weighted by Gasteiger charge is -2.24. The van der Waals surface area contributed by atoms with Crippen LogP contribution in [0.2, 0.25) is 0 Å². The summed E-state index contributed by atoms with van der Waals surface area (Å²) in [7, 11) is 0. The lowest BCUT2D eigenvalue weighted by molar-refractivity contribution is -0.145. The fourth-order valence-corrected chi connectivity index (χ4v) is 1.42. The Balaban J connectivity index is 3.14. The number of aryl methyl sites for hydroxylation is 1. The molecule has 0 aromatic carbocycles. The van der Waals surface area contributed by atoms with Gasteiger partial charge < -0.3 is 10.4 Å². The molecular weight excluding hydrogens is 291 g/mol. The predicted molar refractivity (Wildman–Crippen MR) is 65.6 cm³/mol. The number of halogens is 3. The van der Waals surface area contributed by atoms with E-state index in [1.807, 2.05) is 0 Å². The Hall–Kier alpha value is -2.19. The molecule has 1 aromatic rings. The summed E-state index contributed by atoms with van der Waals surface area (Å²) in [5.41, 5.74) is -2.17. The number of aromatic nitrogens is 2. The maximum atomic E-state index is 12.6. The van der Waals surface area contributed by atoms with Gasteiger partial charge in [-0.2, -0.15) is 13.2 Å². The van der Waals surface area contributed by atoms with E-state index < -0.39 is 35.1 Å². The second-order valence-electron chi connectivity index (χ2n) is 4.66. The summed E-state index contributed by atoms with van der Waals surface area (Å²) in [6, 6.07) is 1.06.